The van der Waals surface area contributed by atoms with E-state index in [1.165, 1.54) is 11.8 Å². The van der Waals surface area contributed by atoms with Crippen LogP contribution in [-0.2, 0) is 20.0 Å². The fraction of sp³-hybridized carbons (Fsp3) is 0.240. The molecule has 2 heterocycles. The zero-order valence-electron chi connectivity index (χ0n) is 19.7. The van der Waals surface area contributed by atoms with Crippen LogP contribution in [0.4, 0.5) is 16.3 Å². The van der Waals surface area contributed by atoms with Gasteiger partial charge in [0.25, 0.3) is 11.8 Å². The normalized spacial score (nSPS) is 10.4. The van der Waals surface area contributed by atoms with Gasteiger partial charge in [-0.15, -0.1) is 11.8 Å². The van der Waals surface area contributed by atoms with Crippen LogP contribution in [0.1, 0.15) is 34.0 Å². The number of carbonyl (C=O) groups excluding carboxylic acids is 3. The Kier molecular flexibility index (Phi) is 9.19. The second-order valence-corrected chi connectivity index (χ2v) is 8.51. The minimum atomic E-state index is -0.909. The van der Waals surface area contributed by atoms with Gasteiger partial charge in [0.1, 0.15) is 10.8 Å². The van der Waals surface area contributed by atoms with Gasteiger partial charge in [-0.3, -0.25) is 9.59 Å². The van der Waals surface area contributed by atoms with Crippen LogP contribution in [0.5, 0.6) is 0 Å². The van der Waals surface area contributed by atoms with Gasteiger partial charge in [-0.05, 0) is 73.9 Å². The first-order valence-corrected chi connectivity index (χ1v) is 11.8. The maximum atomic E-state index is 12.9. The number of anilines is 2. The van der Waals surface area contributed by atoms with E-state index in [0.29, 0.717) is 22.2 Å². The van der Waals surface area contributed by atoms with Gasteiger partial charge in [0.2, 0.25) is 0 Å². The number of benzene rings is 1. The molecule has 0 bridgehead atoms. The molecule has 10 heteroatoms. The average Bonchev–Trinajstić information content (AvgIpc) is 2.81. The Balaban J connectivity index is 1.61. The van der Waals surface area contributed by atoms with Crippen LogP contribution in [0.25, 0.3) is 0 Å². The van der Waals surface area contributed by atoms with E-state index in [4.69, 9.17) is 4.74 Å². The highest BCUT2D eigenvalue weighted by molar-refractivity contribution is 7.98. The van der Waals surface area contributed by atoms with Crippen LogP contribution < -0.4 is 10.6 Å². The average molecular weight is 495 g/mol. The van der Waals surface area contributed by atoms with E-state index in [0.717, 1.165) is 22.4 Å². The Hall–Kier alpha value is -3.92. The van der Waals surface area contributed by atoms with Crippen molar-refractivity contribution in [1.82, 2.24) is 9.97 Å². The summed E-state index contributed by atoms with van der Waals surface area (Å²) in [6.07, 6.45) is 2.29. The van der Waals surface area contributed by atoms with Crippen molar-refractivity contribution >= 4 is 41.2 Å². The lowest BCUT2D eigenvalue weighted by Crippen LogP contribution is -2.21. The Morgan fingerprint density at radius 2 is 1.71 bits per heavy atom. The van der Waals surface area contributed by atoms with Gasteiger partial charge in [0, 0.05) is 23.8 Å². The molecule has 0 atom stereocenters. The number of pyridine rings is 2. The van der Waals surface area contributed by atoms with Gasteiger partial charge < -0.3 is 20.1 Å². The predicted molar refractivity (Wildman–Crippen MR) is 134 cm³/mol. The summed E-state index contributed by atoms with van der Waals surface area (Å²) >= 11 is 1.39. The number of aryl methyl sites for hydroxylation is 2. The Labute approximate surface area is 207 Å². The van der Waals surface area contributed by atoms with Gasteiger partial charge >= 0.3 is 6.16 Å². The Morgan fingerprint density at radius 1 is 0.943 bits per heavy atom. The van der Waals surface area contributed by atoms with Crippen LogP contribution in [-0.4, -0.2) is 41.2 Å². The fourth-order valence-corrected chi connectivity index (χ4v) is 4.11. The number of amides is 2. The minimum Gasteiger partial charge on any atom is -0.435 e. The fourth-order valence-electron chi connectivity index (χ4n) is 3.17. The molecule has 0 radical (unpaired) electrons. The highest BCUT2D eigenvalue weighted by atomic mass is 32.2. The molecule has 0 aliphatic rings. The number of hydrogen-bond acceptors (Lipinski definition) is 8. The lowest BCUT2D eigenvalue weighted by Gasteiger charge is -2.11. The van der Waals surface area contributed by atoms with Crippen molar-refractivity contribution in [1.29, 1.82) is 0 Å². The quantitative estimate of drug-likeness (QED) is 0.323. The summed E-state index contributed by atoms with van der Waals surface area (Å²) in [7, 11) is 0. The van der Waals surface area contributed by atoms with Crippen molar-refractivity contribution in [2.75, 3.05) is 23.8 Å². The van der Waals surface area contributed by atoms with E-state index < -0.39 is 18.7 Å². The number of carbonyl (C=O) groups is 3. The third-order valence-electron chi connectivity index (χ3n) is 4.55. The molecule has 0 aliphatic carbocycles. The number of rotatable bonds is 9. The number of hydrogen-bond donors (Lipinski definition) is 2. The van der Waals surface area contributed by atoms with Crippen LogP contribution in [0.3, 0.4) is 0 Å². The summed E-state index contributed by atoms with van der Waals surface area (Å²) < 4.78 is 9.30. The van der Waals surface area contributed by atoms with Gasteiger partial charge in [-0.1, -0.05) is 6.07 Å². The van der Waals surface area contributed by atoms with E-state index in [-0.39, 0.29) is 12.5 Å². The first-order valence-electron chi connectivity index (χ1n) is 10.9. The van der Waals surface area contributed by atoms with Gasteiger partial charge in [-0.25, -0.2) is 14.8 Å². The molecule has 0 saturated carbocycles. The van der Waals surface area contributed by atoms with Crippen molar-refractivity contribution in [2.45, 2.75) is 31.6 Å². The molecule has 0 unspecified atom stereocenters. The molecule has 2 aromatic heterocycles. The molecule has 9 nitrogen and oxygen atoms in total. The number of aromatic nitrogens is 2. The molecule has 2 amide bonds. The Bertz CT molecular complexity index is 1200. The van der Waals surface area contributed by atoms with Gasteiger partial charge in [0.15, 0.2) is 6.61 Å². The number of nitrogens with zero attached hydrogens (tertiary/aromatic N) is 2. The van der Waals surface area contributed by atoms with Gasteiger partial charge in [-0.2, -0.15) is 0 Å². The van der Waals surface area contributed by atoms with Crippen LogP contribution in [0, 0.1) is 13.8 Å². The zero-order valence-corrected chi connectivity index (χ0v) is 20.5. The van der Waals surface area contributed by atoms with E-state index in [1.54, 1.807) is 43.6 Å². The lowest BCUT2D eigenvalue weighted by molar-refractivity contribution is -0.119. The van der Waals surface area contributed by atoms with E-state index in [9.17, 15) is 14.4 Å². The molecule has 3 aromatic rings. The van der Waals surface area contributed by atoms with Crippen molar-refractivity contribution in [2.24, 2.45) is 0 Å². The first-order chi connectivity index (χ1) is 16.8. The summed E-state index contributed by atoms with van der Waals surface area (Å²) in [4.78, 5) is 44.6. The molecule has 0 spiro atoms. The standard InChI is InChI=1S/C25H26N4O5S/c1-4-33-25(32)34-14-22(30)29-21-13-18(7-9-26-21)15-35-24-20(6-5-8-27-24)23(31)28-19-11-16(2)10-17(3)12-19/h5-13H,4,14-15H2,1-3H3,(H,28,31)(H,26,29,30). The Morgan fingerprint density at radius 3 is 2.46 bits per heavy atom. The van der Waals surface area contributed by atoms with Crippen LogP contribution >= 0.6 is 11.8 Å². The van der Waals surface area contributed by atoms with E-state index in [2.05, 4.69) is 25.3 Å². The lowest BCUT2D eigenvalue weighted by atomic mass is 10.1. The zero-order chi connectivity index (χ0) is 25.2. The molecule has 0 aliphatic heterocycles. The summed E-state index contributed by atoms with van der Waals surface area (Å²) in [5.74, 6) is 0.0284. The minimum absolute atomic E-state index is 0.160. The molecule has 0 fully saturated rings. The maximum absolute atomic E-state index is 12.9. The molecular formula is C25H26N4O5S. The largest absolute Gasteiger partial charge is 0.508 e. The van der Waals surface area contributed by atoms with Gasteiger partial charge in [0.05, 0.1) is 12.2 Å². The first kappa shape index (κ1) is 25.7. The van der Waals surface area contributed by atoms with Crippen molar-refractivity contribution in [3.8, 4) is 0 Å². The predicted octanol–water partition coefficient (Wildman–Crippen LogP) is 4.75. The third kappa shape index (κ3) is 8.11. The van der Waals surface area contributed by atoms with Crippen LogP contribution in [0.15, 0.2) is 59.9 Å². The molecule has 2 N–H and O–H groups in total. The number of ether oxygens (including phenoxy) is 2. The summed E-state index contributed by atoms with van der Waals surface area (Å²) in [6.45, 7) is 5.28. The number of thioether (sulfide) groups is 1. The molecular weight excluding hydrogens is 468 g/mol. The summed E-state index contributed by atoms with van der Waals surface area (Å²) in [6, 6.07) is 12.8. The summed E-state index contributed by atoms with van der Waals surface area (Å²) in [5.41, 5.74) is 4.19. The third-order valence-corrected chi connectivity index (χ3v) is 5.62. The van der Waals surface area contributed by atoms with Crippen molar-refractivity contribution in [3.05, 3.63) is 77.1 Å². The monoisotopic (exact) mass is 494 g/mol. The summed E-state index contributed by atoms with van der Waals surface area (Å²) in [5, 5.41) is 6.10. The highest BCUT2D eigenvalue weighted by Gasteiger charge is 2.14. The van der Waals surface area contributed by atoms with Crippen molar-refractivity contribution < 1.29 is 23.9 Å². The SMILES string of the molecule is CCOC(=O)OCC(=O)Nc1cc(CSc2ncccc2C(=O)Nc2cc(C)cc(C)c2)ccn1. The molecule has 35 heavy (non-hydrogen) atoms. The smallest absolute Gasteiger partial charge is 0.435 e. The van der Waals surface area contributed by atoms with E-state index >= 15 is 0 Å². The topological polar surface area (TPSA) is 120 Å². The van der Waals surface area contributed by atoms with E-state index in [1.807, 2.05) is 32.0 Å². The molecule has 182 valence electrons. The number of nitrogens with one attached hydrogen (secondary N) is 2. The van der Waals surface area contributed by atoms with Crippen molar-refractivity contribution in [3.63, 3.8) is 0 Å². The second kappa shape index (κ2) is 12.5. The second-order valence-electron chi connectivity index (χ2n) is 7.54. The van der Waals surface area contributed by atoms with Crippen LogP contribution in [0.2, 0.25) is 0 Å². The maximum Gasteiger partial charge on any atom is 0.508 e. The highest BCUT2D eigenvalue weighted by Crippen LogP contribution is 2.26. The molecule has 1 aromatic carbocycles. The molecule has 0 saturated heterocycles. The molecule has 3 rings (SSSR count).